The van der Waals surface area contributed by atoms with Gasteiger partial charge >= 0.3 is 10.4 Å². The molecule has 2 aromatic rings. The lowest BCUT2D eigenvalue weighted by atomic mass is 10.3. The van der Waals surface area contributed by atoms with Crippen LogP contribution in [-0.4, -0.2) is 42.3 Å². The maximum absolute atomic E-state index is 11.9. The minimum Gasteiger partial charge on any atom is -0.324 e. The summed E-state index contributed by atoms with van der Waals surface area (Å²) in [4.78, 5) is 11.6. The molecule has 0 saturated heterocycles. The van der Waals surface area contributed by atoms with Crippen molar-refractivity contribution in [3.63, 3.8) is 0 Å². The molecule has 0 unspecified atom stereocenters. The quantitative estimate of drug-likeness (QED) is 0.330. The number of nitriles is 1. The van der Waals surface area contributed by atoms with Crippen molar-refractivity contribution in [1.82, 2.24) is 15.0 Å². The van der Waals surface area contributed by atoms with Crippen molar-refractivity contribution in [2.24, 2.45) is 0 Å². The SMILES string of the molecule is Cc1nc(NC#N)nc(Nc2ccc(S(=O)(=O)COS(=O)(=O)O)cc2)n1. The first kappa shape index (κ1) is 19.5. The van der Waals surface area contributed by atoms with Crippen molar-refractivity contribution in [3.8, 4) is 6.19 Å². The van der Waals surface area contributed by atoms with Gasteiger partial charge in [0.15, 0.2) is 12.1 Å². The van der Waals surface area contributed by atoms with E-state index >= 15 is 0 Å². The standard InChI is InChI=1S/C12H12N6O6S2/c1-8-15-11(14-6-13)18-12(16-8)17-9-2-4-10(5-3-9)25(19,20)7-24-26(21,22)23/h2-5H,7H2,1H3,(H,21,22,23)(H2,14,15,16,17,18). The number of aryl methyl sites for hydroxylation is 1. The molecular weight excluding hydrogens is 388 g/mol. The van der Waals surface area contributed by atoms with Crippen LogP contribution in [0, 0.1) is 18.4 Å². The highest BCUT2D eigenvalue weighted by Gasteiger charge is 2.18. The molecule has 0 fully saturated rings. The number of anilines is 3. The molecule has 0 radical (unpaired) electrons. The zero-order chi connectivity index (χ0) is 19.4. The Hall–Kier alpha value is -2.86. The molecule has 2 rings (SSSR count). The van der Waals surface area contributed by atoms with Crippen molar-refractivity contribution in [2.45, 2.75) is 11.8 Å². The first-order chi connectivity index (χ1) is 12.1. The lowest BCUT2D eigenvalue weighted by molar-refractivity contribution is 0.306. The minimum atomic E-state index is -4.87. The predicted molar refractivity (Wildman–Crippen MR) is 88.2 cm³/mol. The highest BCUT2D eigenvalue weighted by atomic mass is 32.3. The van der Waals surface area contributed by atoms with Crippen LogP contribution in [0.4, 0.5) is 17.6 Å². The Labute approximate surface area is 148 Å². The van der Waals surface area contributed by atoms with Gasteiger partial charge in [-0.05, 0) is 31.2 Å². The van der Waals surface area contributed by atoms with Gasteiger partial charge in [0.25, 0.3) is 0 Å². The van der Waals surface area contributed by atoms with Crippen LogP contribution < -0.4 is 10.6 Å². The van der Waals surface area contributed by atoms with Crippen molar-refractivity contribution in [2.75, 3.05) is 16.6 Å². The van der Waals surface area contributed by atoms with E-state index < -0.39 is 26.2 Å². The topological polar surface area (TPSA) is 184 Å². The number of sulfone groups is 1. The van der Waals surface area contributed by atoms with Crippen LogP contribution in [0.25, 0.3) is 0 Å². The van der Waals surface area contributed by atoms with Gasteiger partial charge < -0.3 is 5.32 Å². The minimum absolute atomic E-state index is 0.0454. The smallest absolute Gasteiger partial charge is 0.324 e. The first-order valence-electron chi connectivity index (χ1n) is 6.68. The number of nitrogens with one attached hydrogen (secondary N) is 2. The molecule has 0 bridgehead atoms. The van der Waals surface area contributed by atoms with E-state index in [2.05, 4.69) is 29.8 Å². The van der Waals surface area contributed by atoms with Crippen LogP contribution in [0.15, 0.2) is 29.2 Å². The Kier molecular flexibility index (Phi) is 5.67. The molecule has 26 heavy (non-hydrogen) atoms. The molecule has 1 aromatic heterocycles. The number of rotatable bonds is 7. The normalized spacial score (nSPS) is 11.6. The zero-order valence-electron chi connectivity index (χ0n) is 13.1. The summed E-state index contributed by atoms with van der Waals surface area (Å²) in [6.07, 6.45) is 1.68. The number of aromatic nitrogens is 3. The molecule has 0 amide bonds. The number of hydrogen-bond donors (Lipinski definition) is 3. The summed E-state index contributed by atoms with van der Waals surface area (Å²) in [6.45, 7) is 1.60. The molecule has 0 aliphatic carbocycles. The van der Waals surface area contributed by atoms with Gasteiger partial charge in [-0.25, -0.2) is 12.6 Å². The second kappa shape index (κ2) is 7.58. The molecule has 0 atom stereocenters. The van der Waals surface area contributed by atoms with Crippen LogP contribution >= 0.6 is 0 Å². The summed E-state index contributed by atoms with van der Waals surface area (Å²) in [5.74, 6) is -0.708. The maximum Gasteiger partial charge on any atom is 0.398 e. The maximum atomic E-state index is 11.9. The summed E-state index contributed by atoms with van der Waals surface area (Å²) in [5, 5.41) is 13.7. The number of nitrogens with zero attached hydrogens (tertiary/aromatic N) is 4. The fourth-order valence-corrected chi connectivity index (χ4v) is 3.39. The Morgan fingerprint density at radius 1 is 1.12 bits per heavy atom. The number of benzene rings is 1. The van der Waals surface area contributed by atoms with Gasteiger partial charge in [0.2, 0.25) is 21.7 Å². The van der Waals surface area contributed by atoms with E-state index in [0.29, 0.717) is 11.5 Å². The highest BCUT2D eigenvalue weighted by Crippen LogP contribution is 2.19. The molecule has 138 valence electrons. The van der Waals surface area contributed by atoms with Gasteiger partial charge in [-0.3, -0.25) is 9.87 Å². The Bertz CT molecular complexity index is 1050. The van der Waals surface area contributed by atoms with E-state index in [-0.39, 0.29) is 16.8 Å². The lowest BCUT2D eigenvalue weighted by Gasteiger charge is -2.08. The van der Waals surface area contributed by atoms with E-state index in [1.165, 1.54) is 24.3 Å². The molecule has 12 nitrogen and oxygen atoms in total. The molecule has 1 heterocycles. The molecule has 0 aliphatic heterocycles. The van der Waals surface area contributed by atoms with Crippen LogP contribution in [0.5, 0.6) is 0 Å². The van der Waals surface area contributed by atoms with Crippen LogP contribution in [0.3, 0.4) is 0 Å². The van der Waals surface area contributed by atoms with Crippen LogP contribution in [0.2, 0.25) is 0 Å². The van der Waals surface area contributed by atoms with Gasteiger partial charge in [0.05, 0.1) is 4.90 Å². The Morgan fingerprint density at radius 2 is 1.73 bits per heavy atom. The largest absolute Gasteiger partial charge is 0.398 e. The lowest BCUT2D eigenvalue weighted by Crippen LogP contribution is -2.14. The zero-order valence-corrected chi connectivity index (χ0v) is 14.7. The highest BCUT2D eigenvalue weighted by molar-refractivity contribution is 7.92. The second-order valence-electron chi connectivity index (χ2n) is 4.69. The van der Waals surface area contributed by atoms with Crippen molar-refractivity contribution >= 4 is 37.8 Å². The Morgan fingerprint density at radius 3 is 2.31 bits per heavy atom. The molecule has 1 aromatic carbocycles. The van der Waals surface area contributed by atoms with Gasteiger partial charge in [-0.15, -0.1) is 0 Å². The summed E-state index contributed by atoms with van der Waals surface area (Å²) in [7, 11) is -8.95. The van der Waals surface area contributed by atoms with Gasteiger partial charge in [-0.2, -0.15) is 28.6 Å². The van der Waals surface area contributed by atoms with E-state index in [1.807, 2.05) is 0 Å². The summed E-state index contributed by atoms with van der Waals surface area (Å²) >= 11 is 0. The monoisotopic (exact) mass is 400 g/mol. The second-order valence-corrected chi connectivity index (χ2v) is 7.72. The van der Waals surface area contributed by atoms with E-state index in [0.717, 1.165) is 0 Å². The van der Waals surface area contributed by atoms with Crippen molar-refractivity contribution < 1.29 is 25.6 Å². The average molecular weight is 400 g/mol. The predicted octanol–water partition coefficient (Wildman–Crippen LogP) is 0.367. The van der Waals surface area contributed by atoms with Crippen LogP contribution in [0.1, 0.15) is 5.82 Å². The van der Waals surface area contributed by atoms with E-state index in [9.17, 15) is 16.8 Å². The van der Waals surface area contributed by atoms with Crippen molar-refractivity contribution in [3.05, 3.63) is 30.1 Å². The average Bonchev–Trinajstić information content (AvgIpc) is 2.53. The van der Waals surface area contributed by atoms with Crippen LogP contribution in [-0.2, 0) is 24.4 Å². The van der Waals surface area contributed by atoms with Gasteiger partial charge in [-0.1, -0.05) is 0 Å². The fraction of sp³-hybridized carbons (Fsp3) is 0.167. The molecule has 0 saturated carbocycles. The summed E-state index contributed by atoms with van der Waals surface area (Å²) in [6, 6.07) is 5.18. The Balaban J connectivity index is 2.16. The first-order valence-corrected chi connectivity index (χ1v) is 9.70. The molecular formula is C12H12N6O6S2. The van der Waals surface area contributed by atoms with Crippen molar-refractivity contribution in [1.29, 1.82) is 5.26 Å². The van der Waals surface area contributed by atoms with E-state index in [1.54, 1.807) is 13.1 Å². The van der Waals surface area contributed by atoms with Gasteiger partial charge in [0, 0.05) is 5.69 Å². The molecule has 0 spiro atoms. The third-order valence-corrected chi connectivity index (χ3v) is 4.72. The third-order valence-electron chi connectivity index (χ3n) is 2.74. The molecule has 14 heteroatoms. The number of hydrogen-bond acceptors (Lipinski definition) is 11. The molecule has 3 N–H and O–H groups in total. The fourth-order valence-electron chi connectivity index (χ4n) is 1.71. The van der Waals surface area contributed by atoms with Gasteiger partial charge in [0.1, 0.15) is 5.82 Å². The summed E-state index contributed by atoms with van der Waals surface area (Å²) in [5.41, 5.74) is 0.424. The molecule has 0 aliphatic rings. The summed E-state index contributed by atoms with van der Waals surface area (Å²) < 4.78 is 57.1. The third kappa shape index (κ3) is 5.60. The van der Waals surface area contributed by atoms with E-state index in [4.69, 9.17) is 9.81 Å².